The molecule has 1 amide bonds. The summed E-state index contributed by atoms with van der Waals surface area (Å²) in [6.07, 6.45) is 1.41. The van der Waals surface area contributed by atoms with E-state index in [1.807, 2.05) is 6.92 Å². The van der Waals surface area contributed by atoms with E-state index in [1.165, 1.54) is 6.07 Å². The highest BCUT2D eigenvalue weighted by Crippen LogP contribution is 2.55. The molecule has 0 bridgehead atoms. The predicted octanol–water partition coefficient (Wildman–Crippen LogP) is 2.92. The number of carbonyl (C=O) groups is 2. The van der Waals surface area contributed by atoms with Gasteiger partial charge in [0.25, 0.3) is 10.0 Å². The fourth-order valence-corrected chi connectivity index (χ4v) is 6.69. The second-order valence-electron chi connectivity index (χ2n) is 10.00. The first-order valence-electron chi connectivity index (χ1n) is 12.4. The number of aromatic carboxylic acids is 1. The van der Waals surface area contributed by atoms with Gasteiger partial charge in [-0.05, 0) is 60.7 Å². The van der Waals surface area contributed by atoms with Crippen molar-refractivity contribution in [1.82, 2.24) is 9.80 Å². The van der Waals surface area contributed by atoms with Gasteiger partial charge in [0.1, 0.15) is 17.1 Å². The number of rotatable bonds is 8. The number of fused-ring (bicyclic) bond motifs is 3. The van der Waals surface area contributed by atoms with Crippen molar-refractivity contribution in [2.24, 2.45) is 5.92 Å². The van der Waals surface area contributed by atoms with Gasteiger partial charge in [0.2, 0.25) is 5.91 Å². The normalized spacial score (nSPS) is 22.5. The van der Waals surface area contributed by atoms with Crippen molar-refractivity contribution in [1.29, 1.82) is 0 Å². The molecule has 2 aromatic rings. The summed E-state index contributed by atoms with van der Waals surface area (Å²) in [4.78, 5) is 28.7. The Morgan fingerprint density at radius 3 is 2.76 bits per heavy atom. The van der Waals surface area contributed by atoms with E-state index in [1.54, 1.807) is 18.0 Å². The zero-order chi connectivity index (χ0) is 26.5. The minimum absolute atomic E-state index is 0.00104. The second-order valence-corrected chi connectivity index (χ2v) is 11.7. The first-order valence-corrected chi connectivity index (χ1v) is 13.9. The quantitative estimate of drug-likeness (QED) is 0.538. The maximum absolute atomic E-state index is 14.2. The van der Waals surface area contributed by atoms with E-state index in [4.69, 9.17) is 4.74 Å². The smallest absolute Gasteiger partial charge is 0.341 e. The summed E-state index contributed by atoms with van der Waals surface area (Å²) in [6, 6.07) is 6.25. The van der Waals surface area contributed by atoms with E-state index in [2.05, 4.69) is 9.62 Å². The highest BCUT2D eigenvalue weighted by atomic mass is 32.2. The van der Waals surface area contributed by atoms with Crippen molar-refractivity contribution < 1.29 is 32.2 Å². The van der Waals surface area contributed by atoms with Crippen LogP contribution in [0.5, 0.6) is 5.75 Å². The molecule has 198 valence electrons. The van der Waals surface area contributed by atoms with E-state index in [0.29, 0.717) is 12.5 Å². The number of amides is 1. The molecule has 2 aliphatic heterocycles. The zero-order valence-corrected chi connectivity index (χ0v) is 21.6. The van der Waals surface area contributed by atoms with Gasteiger partial charge in [0.05, 0.1) is 23.6 Å². The number of hydrogen-bond donors (Lipinski definition) is 2. The molecular weight excluding hydrogens is 501 g/mol. The van der Waals surface area contributed by atoms with Gasteiger partial charge in [-0.3, -0.25) is 9.52 Å². The van der Waals surface area contributed by atoms with Crippen LogP contribution in [0.1, 0.15) is 47.2 Å². The monoisotopic (exact) mass is 531 g/mol. The molecule has 11 heteroatoms. The molecule has 9 nitrogen and oxygen atoms in total. The number of likely N-dealkylation sites (N-methyl/N-ethyl adjacent to an activating group) is 2. The lowest BCUT2D eigenvalue weighted by Crippen LogP contribution is -2.40. The largest absolute Gasteiger partial charge is 0.492 e. The Morgan fingerprint density at radius 1 is 1.27 bits per heavy atom. The number of carboxylic acid groups (broad SMARTS) is 1. The third-order valence-corrected chi connectivity index (χ3v) is 9.17. The number of nitrogens with one attached hydrogen (secondary N) is 1. The molecule has 0 spiro atoms. The number of anilines is 1. The minimum Gasteiger partial charge on any atom is -0.492 e. The van der Waals surface area contributed by atoms with Crippen molar-refractivity contribution in [3.63, 3.8) is 0 Å². The summed E-state index contributed by atoms with van der Waals surface area (Å²) in [6.45, 7) is 4.93. The van der Waals surface area contributed by atoms with E-state index < -0.39 is 21.8 Å². The lowest BCUT2D eigenvalue weighted by molar-refractivity contribution is -0.131. The maximum Gasteiger partial charge on any atom is 0.341 e. The fraction of sp³-hybridized carbons (Fsp3) is 0.462. The van der Waals surface area contributed by atoms with Crippen LogP contribution >= 0.6 is 0 Å². The third kappa shape index (κ3) is 4.89. The standard InChI is InChI=1S/C26H30FN3O6S/c1-3-30-9-8-18(13-30)29(2)23(31)12-15-10-17(27)4-7-22(15)37(34,35)28-21-6-5-19-20-11-16(20)14-36-25(19)24(21)26(32)33/h4-7,10,16,18,20,28H,3,8-9,11-14H2,1-2H3,(H,32,33)/t16-,18-,20-/m1/s1. The average Bonchev–Trinajstić information content (AvgIpc) is 3.49. The number of sulfonamides is 1. The molecule has 3 aliphatic rings. The minimum atomic E-state index is -4.36. The van der Waals surface area contributed by atoms with Gasteiger partial charge in [-0.25, -0.2) is 17.6 Å². The molecule has 0 aromatic heterocycles. The van der Waals surface area contributed by atoms with Crippen molar-refractivity contribution >= 4 is 27.6 Å². The number of likely N-dealkylation sites (tertiary alicyclic amines) is 1. The van der Waals surface area contributed by atoms with Crippen molar-refractivity contribution in [3.8, 4) is 5.75 Å². The highest BCUT2D eigenvalue weighted by Gasteiger charge is 2.45. The Hall–Kier alpha value is -3.18. The van der Waals surface area contributed by atoms with Crippen LogP contribution in [-0.4, -0.2) is 74.5 Å². The number of hydrogen-bond acceptors (Lipinski definition) is 6. The second kappa shape index (κ2) is 9.60. The molecule has 1 aliphatic carbocycles. The molecular formula is C26H30FN3O6S. The van der Waals surface area contributed by atoms with E-state index in [0.717, 1.165) is 56.2 Å². The Bertz CT molecular complexity index is 1360. The Labute approximate surface area is 215 Å². The van der Waals surface area contributed by atoms with Gasteiger partial charge in [0, 0.05) is 32.1 Å². The molecule has 2 aromatic carbocycles. The van der Waals surface area contributed by atoms with E-state index in [9.17, 15) is 27.5 Å². The fourth-order valence-electron chi connectivity index (χ4n) is 5.40. The van der Waals surface area contributed by atoms with Crippen LogP contribution in [0.2, 0.25) is 0 Å². The number of nitrogens with zero attached hydrogens (tertiary/aromatic N) is 2. The van der Waals surface area contributed by atoms with Crippen LogP contribution in [0, 0.1) is 11.7 Å². The first-order chi connectivity index (χ1) is 17.6. The van der Waals surface area contributed by atoms with Crippen LogP contribution in [0.4, 0.5) is 10.1 Å². The zero-order valence-electron chi connectivity index (χ0n) is 20.7. The van der Waals surface area contributed by atoms with E-state index in [-0.39, 0.29) is 51.7 Å². The highest BCUT2D eigenvalue weighted by molar-refractivity contribution is 7.92. The summed E-state index contributed by atoms with van der Waals surface area (Å²) in [5, 5.41) is 9.88. The molecule has 3 atom stereocenters. The van der Waals surface area contributed by atoms with Gasteiger partial charge in [0.15, 0.2) is 0 Å². The lowest BCUT2D eigenvalue weighted by atomic mass is 10.0. The number of carboxylic acids is 1. The Kier molecular flexibility index (Phi) is 6.61. The number of benzene rings is 2. The van der Waals surface area contributed by atoms with Gasteiger partial charge in [-0.2, -0.15) is 0 Å². The van der Waals surface area contributed by atoms with Crippen LogP contribution < -0.4 is 9.46 Å². The molecule has 1 saturated carbocycles. The lowest BCUT2D eigenvalue weighted by Gasteiger charge is -2.25. The number of carbonyl (C=O) groups excluding carboxylic acids is 1. The van der Waals surface area contributed by atoms with Crippen molar-refractivity contribution in [2.75, 3.05) is 38.0 Å². The summed E-state index contributed by atoms with van der Waals surface area (Å²) in [7, 11) is -2.69. The summed E-state index contributed by atoms with van der Waals surface area (Å²) >= 11 is 0. The van der Waals surface area contributed by atoms with Crippen LogP contribution in [0.15, 0.2) is 35.2 Å². The van der Waals surface area contributed by atoms with Crippen molar-refractivity contribution in [3.05, 3.63) is 52.8 Å². The Balaban J connectivity index is 1.42. The molecule has 0 unspecified atom stereocenters. The summed E-state index contributed by atoms with van der Waals surface area (Å²) < 4.78 is 49.1. The molecule has 2 fully saturated rings. The maximum atomic E-state index is 14.2. The van der Waals surface area contributed by atoms with Crippen LogP contribution in [0.25, 0.3) is 0 Å². The van der Waals surface area contributed by atoms with E-state index >= 15 is 0 Å². The summed E-state index contributed by atoms with van der Waals surface area (Å²) in [5.74, 6) is -1.54. The molecule has 5 rings (SSSR count). The molecule has 2 heterocycles. The van der Waals surface area contributed by atoms with Gasteiger partial charge in [-0.15, -0.1) is 0 Å². The molecule has 2 N–H and O–H groups in total. The molecule has 37 heavy (non-hydrogen) atoms. The summed E-state index contributed by atoms with van der Waals surface area (Å²) in [5.41, 5.74) is 0.366. The average molecular weight is 532 g/mol. The van der Waals surface area contributed by atoms with Crippen molar-refractivity contribution in [2.45, 2.75) is 43.0 Å². The number of ether oxygens (including phenoxy) is 1. The third-order valence-electron chi connectivity index (χ3n) is 7.70. The Morgan fingerprint density at radius 2 is 2.05 bits per heavy atom. The van der Waals surface area contributed by atoms with Gasteiger partial charge < -0.3 is 19.6 Å². The predicted molar refractivity (Wildman–Crippen MR) is 134 cm³/mol. The van der Waals surface area contributed by atoms with Crippen LogP contribution in [-0.2, 0) is 21.2 Å². The van der Waals surface area contributed by atoms with Gasteiger partial charge >= 0.3 is 5.97 Å². The SMILES string of the molecule is CCN1CC[C@@H](N(C)C(=O)Cc2cc(F)ccc2S(=O)(=O)Nc2ccc3c(c2C(=O)O)OC[C@H]2C[C@@H]32)C1. The molecule has 1 saturated heterocycles. The molecule has 0 radical (unpaired) electrons. The number of halogens is 1. The van der Waals surface area contributed by atoms with Crippen LogP contribution in [0.3, 0.4) is 0 Å². The first kappa shape index (κ1) is 25.5. The van der Waals surface area contributed by atoms with Gasteiger partial charge in [-0.1, -0.05) is 13.0 Å². The topological polar surface area (TPSA) is 116 Å².